The molecular formula is C21H26N2O6S. The first-order valence-electron chi connectivity index (χ1n) is 9.60. The molecule has 1 fully saturated rings. The molecule has 0 saturated carbocycles. The number of ether oxygens (including phenoxy) is 3. The molecule has 2 aromatic rings. The van der Waals surface area contributed by atoms with Crippen LogP contribution < -0.4 is 10.5 Å². The van der Waals surface area contributed by atoms with Gasteiger partial charge < -0.3 is 25.1 Å². The largest absolute Gasteiger partial charge is 0.486 e. The Morgan fingerprint density at radius 3 is 2.57 bits per heavy atom. The minimum atomic E-state index is -1.44. The van der Waals surface area contributed by atoms with Crippen LogP contribution in [0, 0.1) is 6.92 Å². The average molecular weight is 435 g/mol. The summed E-state index contributed by atoms with van der Waals surface area (Å²) in [6.07, 6.45) is -2.77. The fourth-order valence-corrected chi connectivity index (χ4v) is 4.41. The number of nitrogens with two attached hydrogens (primary N) is 1. The first kappa shape index (κ1) is 22.2. The number of aromatic nitrogens is 1. The van der Waals surface area contributed by atoms with E-state index in [1.54, 1.807) is 32.0 Å². The smallest absolute Gasteiger partial charge is 0.336 e. The second kappa shape index (κ2) is 8.33. The van der Waals surface area contributed by atoms with Crippen molar-refractivity contribution in [3.05, 3.63) is 39.3 Å². The van der Waals surface area contributed by atoms with Gasteiger partial charge >= 0.3 is 5.97 Å². The molecule has 30 heavy (non-hydrogen) atoms. The average Bonchev–Trinajstić information content (AvgIpc) is 3.19. The van der Waals surface area contributed by atoms with E-state index in [4.69, 9.17) is 19.9 Å². The molecule has 2 atom stereocenters. The number of carbonyl (C=O) groups is 2. The normalized spacial score (nSPS) is 20.5. The number of Topliss-reactive ketones (excluding diaryl/α,β-unsaturated/α-hetero) is 1. The molecular weight excluding hydrogens is 408 g/mol. The molecule has 2 heterocycles. The quantitative estimate of drug-likeness (QED) is 0.501. The number of benzene rings is 1. The van der Waals surface area contributed by atoms with E-state index in [0.29, 0.717) is 5.92 Å². The maximum absolute atomic E-state index is 13.2. The Kier molecular flexibility index (Phi) is 6.16. The predicted molar refractivity (Wildman–Crippen MR) is 112 cm³/mol. The number of carboxylic acids is 1. The van der Waals surface area contributed by atoms with Gasteiger partial charge in [-0.05, 0) is 38.8 Å². The van der Waals surface area contributed by atoms with Crippen molar-refractivity contribution in [1.29, 1.82) is 0 Å². The molecule has 1 saturated heterocycles. The van der Waals surface area contributed by atoms with Crippen LogP contribution >= 0.6 is 11.3 Å². The number of anilines is 1. The van der Waals surface area contributed by atoms with Gasteiger partial charge in [0, 0.05) is 10.6 Å². The summed E-state index contributed by atoms with van der Waals surface area (Å²) in [6, 6.07) is 4.84. The highest BCUT2D eigenvalue weighted by molar-refractivity contribution is 7.11. The Morgan fingerprint density at radius 1 is 1.30 bits per heavy atom. The van der Waals surface area contributed by atoms with Crippen molar-refractivity contribution in [3.63, 3.8) is 0 Å². The van der Waals surface area contributed by atoms with Crippen molar-refractivity contribution < 1.29 is 28.9 Å². The standard InChI is InChI=1S/C21H26N2O6S/c1-10(2)16-11(3)30-14(23-16)9-27-13-8-6-7-12(22)15(13)17(24)18-19(20(25)26)29-21(4,5)28-18/h6-8,10,18-19H,9,22H2,1-5H3,(H,25,26)/t18-,19+/m1/s1. The number of carboxylic acid groups (broad SMARTS) is 1. The lowest BCUT2D eigenvalue weighted by Gasteiger charge is -2.18. The molecule has 1 aliphatic heterocycles. The van der Waals surface area contributed by atoms with E-state index in [2.05, 4.69) is 18.8 Å². The van der Waals surface area contributed by atoms with Crippen molar-refractivity contribution in [2.75, 3.05) is 5.73 Å². The van der Waals surface area contributed by atoms with Crippen LogP contribution in [0.25, 0.3) is 0 Å². The van der Waals surface area contributed by atoms with Crippen molar-refractivity contribution in [3.8, 4) is 5.75 Å². The van der Waals surface area contributed by atoms with Crippen LogP contribution in [0.4, 0.5) is 5.69 Å². The molecule has 0 bridgehead atoms. The highest BCUT2D eigenvalue weighted by atomic mass is 32.1. The number of thiazole rings is 1. The Hall–Kier alpha value is -2.49. The molecule has 3 rings (SSSR count). The van der Waals surface area contributed by atoms with Crippen LogP contribution in [-0.2, 0) is 20.9 Å². The van der Waals surface area contributed by atoms with Crippen LogP contribution in [-0.4, -0.2) is 39.8 Å². The van der Waals surface area contributed by atoms with Gasteiger partial charge in [0.2, 0.25) is 5.78 Å². The third-order valence-corrected chi connectivity index (χ3v) is 5.64. The number of nitrogen functional groups attached to an aromatic ring is 1. The number of carbonyl (C=O) groups excluding carboxylic acids is 1. The van der Waals surface area contributed by atoms with Crippen molar-refractivity contribution in [2.45, 2.75) is 65.1 Å². The Balaban J connectivity index is 1.87. The summed E-state index contributed by atoms with van der Waals surface area (Å²) in [5, 5.41) is 10.2. The number of rotatable bonds is 7. The SMILES string of the molecule is Cc1sc(COc2cccc(N)c2C(=O)[C@H]2OC(C)(C)O[C@@H]2C(=O)O)nc1C(C)C. The number of hydrogen-bond donors (Lipinski definition) is 2. The van der Waals surface area contributed by atoms with Crippen LogP contribution in [0.3, 0.4) is 0 Å². The second-order valence-corrected chi connectivity index (χ2v) is 9.18. The molecule has 8 nitrogen and oxygen atoms in total. The minimum Gasteiger partial charge on any atom is -0.486 e. The summed E-state index contributed by atoms with van der Waals surface area (Å²) >= 11 is 1.54. The molecule has 0 amide bonds. The molecule has 0 spiro atoms. The third kappa shape index (κ3) is 4.48. The monoisotopic (exact) mass is 434 g/mol. The first-order valence-corrected chi connectivity index (χ1v) is 10.4. The van der Waals surface area contributed by atoms with E-state index in [-0.39, 0.29) is 23.6 Å². The van der Waals surface area contributed by atoms with Crippen LogP contribution in [0.2, 0.25) is 0 Å². The molecule has 1 aromatic heterocycles. The first-order chi connectivity index (χ1) is 14.0. The Labute approximate surface area is 179 Å². The zero-order valence-electron chi connectivity index (χ0n) is 17.6. The van der Waals surface area contributed by atoms with Gasteiger partial charge in [0.05, 0.1) is 11.3 Å². The molecule has 1 aromatic carbocycles. The van der Waals surface area contributed by atoms with E-state index < -0.39 is 29.7 Å². The number of nitrogens with zero attached hydrogens (tertiary/aromatic N) is 1. The maximum Gasteiger partial charge on any atom is 0.336 e. The van der Waals surface area contributed by atoms with Crippen molar-refractivity contribution in [1.82, 2.24) is 4.98 Å². The number of hydrogen-bond acceptors (Lipinski definition) is 8. The van der Waals surface area contributed by atoms with E-state index in [1.165, 1.54) is 11.3 Å². The fraction of sp³-hybridized carbons (Fsp3) is 0.476. The van der Waals surface area contributed by atoms with Crippen molar-refractivity contribution >= 4 is 28.8 Å². The van der Waals surface area contributed by atoms with E-state index in [9.17, 15) is 14.7 Å². The molecule has 9 heteroatoms. The lowest BCUT2D eigenvalue weighted by atomic mass is 9.99. The van der Waals surface area contributed by atoms with Crippen LogP contribution in [0.5, 0.6) is 5.75 Å². The highest BCUT2D eigenvalue weighted by Crippen LogP contribution is 2.35. The summed E-state index contributed by atoms with van der Waals surface area (Å²) in [7, 11) is 0. The van der Waals surface area contributed by atoms with E-state index >= 15 is 0 Å². The lowest BCUT2D eigenvalue weighted by molar-refractivity contribution is -0.165. The van der Waals surface area contributed by atoms with Gasteiger partial charge in [-0.15, -0.1) is 11.3 Å². The topological polar surface area (TPSA) is 121 Å². The fourth-order valence-electron chi connectivity index (χ4n) is 3.41. The van der Waals surface area contributed by atoms with E-state index in [0.717, 1.165) is 15.6 Å². The molecule has 0 unspecified atom stereocenters. The second-order valence-electron chi connectivity index (χ2n) is 7.89. The zero-order chi connectivity index (χ0) is 22.2. The Bertz CT molecular complexity index is 968. The minimum absolute atomic E-state index is 0.0763. The molecule has 1 aliphatic rings. The number of ketones is 1. The molecule has 162 valence electrons. The summed E-state index contributed by atoms with van der Waals surface area (Å²) < 4.78 is 16.8. The highest BCUT2D eigenvalue weighted by Gasteiger charge is 2.50. The van der Waals surface area contributed by atoms with Crippen LogP contribution in [0.15, 0.2) is 18.2 Å². The van der Waals surface area contributed by atoms with Gasteiger partial charge in [-0.25, -0.2) is 9.78 Å². The van der Waals surface area contributed by atoms with Crippen molar-refractivity contribution in [2.24, 2.45) is 0 Å². The summed E-state index contributed by atoms with van der Waals surface area (Å²) in [6.45, 7) is 9.43. The van der Waals surface area contributed by atoms with Gasteiger partial charge in [0.25, 0.3) is 0 Å². The van der Waals surface area contributed by atoms with Gasteiger partial charge in [-0.3, -0.25) is 4.79 Å². The maximum atomic E-state index is 13.2. The third-order valence-electron chi connectivity index (χ3n) is 4.68. The Morgan fingerprint density at radius 2 is 1.97 bits per heavy atom. The van der Waals surface area contributed by atoms with Crippen LogP contribution in [0.1, 0.15) is 59.5 Å². The van der Waals surface area contributed by atoms with Gasteiger partial charge in [0.1, 0.15) is 17.4 Å². The van der Waals surface area contributed by atoms with Gasteiger partial charge in [-0.2, -0.15) is 0 Å². The zero-order valence-corrected chi connectivity index (χ0v) is 18.4. The van der Waals surface area contributed by atoms with Gasteiger partial charge in [-0.1, -0.05) is 19.9 Å². The summed E-state index contributed by atoms with van der Waals surface area (Å²) in [5.41, 5.74) is 7.33. The predicted octanol–water partition coefficient (Wildman–Crippen LogP) is 3.52. The van der Waals surface area contributed by atoms with Gasteiger partial charge in [0.15, 0.2) is 18.0 Å². The number of aryl methyl sites for hydroxylation is 1. The summed E-state index contributed by atoms with van der Waals surface area (Å²) in [4.78, 5) is 30.5. The number of aliphatic carboxylic acids is 1. The molecule has 3 N–H and O–H groups in total. The molecule has 0 aliphatic carbocycles. The molecule has 0 radical (unpaired) electrons. The van der Waals surface area contributed by atoms with E-state index in [1.807, 2.05) is 6.92 Å². The lowest BCUT2D eigenvalue weighted by Crippen LogP contribution is -2.37. The summed E-state index contributed by atoms with van der Waals surface area (Å²) in [5.74, 6) is -2.54.